The summed E-state index contributed by atoms with van der Waals surface area (Å²) in [6.07, 6.45) is 7.64. The van der Waals surface area contributed by atoms with E-state index in [1.807, 2.05) is 0 Å². The Bertz CT molecular complexity index is 173. The second kappa shape index (κ2) is 7.84. The van der Waals surface area contributed by atoms with Crippen molar-refractivity contribution in [2.45, 2.75) is 52.9 Å². The number of nitrogens with one attached hydrogen (secondary N) is 1. The van der Waals surface area contributed by atoms with Crippen molar-refractivity contribution in [1.82, 2.24) is 5.32 Å². The van der Waals surface area contributed by atoms with Crippen molar-refractivity contribution in [2.75, 3.05) is 0 Å². The molecule has 0 fully saturated rings. The van der Waals surface area contributed by atoms with Crippen LogP contribution in [0.2, 0.25) is 0 Å². The fourth-order valence-corrected chi connectivity index (χ4v) is 1.13. The molecule has 0 spiro atoms. The van der Waals surface area contributed by atoms with E-state index in [0.717, 1.165) is 31.4 Å². The lowest BCUT2D eigenvalue weighted by Gasteiger charge is -2.06. The fourth-order valence-electron chi connectivity index (χ4n) is 1.13. The Morgan fingerprint density at radius 3 is 2.46 bits per heavy atom. The Kier molecular flexibility index (Phi) is 7.36. The quantitative estimate of drug-likeness (QED) is 0.674. The van der Waals surface area contributed by atoms with E-state index >= 15 is 0 Å². The third-order valence-corrected chi connectivity index (χ3v) is 1.82. The van der Waals surface area contributed by atoms with Gasteiger partial charge >= 0.3 is 0 Å². The normalized spacial score (nSPS) is 11.5. The predicted molar refractivity (Wildman–Crippen MR) is 56.3 cm³/mol. The van der Waals surface area contributed by atoms with Crippen molar-refractivity contribution >= 4 is 5.91 Å². The molecule has 0 aliphatic carbocycles. The van der Waals surface area contributed by atoms with Crippen LogP contribution in [0.1, 0.15) is 52.9 Å². The van der Waals surface area contributed by atoms with Gasteiger partial charge in [0.25, 0.3) is 0 Å². The molecule has 2 nitrogen and oxygen atoms in total. The highest BCUT2D eigenvalue weighted by Gasteiger charge is 1.97. The van der Waals surface area contributed by atoms with Crippen LogP contribution >= 0.6 is 0 Å². The number of hydrogen-bond donors (Lipinski definition) is 1. The molecule has 0 aliphatic heterocycles. The number of hydrogen-bond acceptors (Lipinski definition) is 1. The van der Waals surface area contributed by atoms with Gasteiger partial charge in [-0.2, -0.15) is 0 Å². The molecule has 0 atom stereocenters. The monoisotopic (exact) mass is 183 g/mol. The Balaban J connectivity index is 3.94. The molecule has 0 aromatic carbocycles. The zero-order valence-corrected chi connectivity index (χ0v) is 9.02. The zero-order valence-electron chi connectivity index (χ0n) is 9.02. The largest absolute Gasteiger partial charge is 0.330 e. The smallest absolute Gasteiger partial charge is 0.220 e. The van der Waals surface area contributed by atoms with Gasteiger partial charge in [-0.3, -0.25) is 4.79 Å². The Morgan fingerprint density at radius 2 is 2.00 bits per heavy atom. The number of allylic oxidation sites excluding steroid dienone is 2. The highest BCUT2D eigenvalue weighted by Crippen LogP contribution is 2.06. The topological polar surface area (TPSA) is 29.1 Å². The van der Waals surface area contributed by atoms with Crippen LogP contribution in [0.25, 0.3) is 0 Å². The van der Waals surface area contributed by atoms with E-state index in [4.69, 9.17) is 0 Å². The maximum Gasteiger partial charge on any atom is 0.220 e. The molecule has 0 rings (SSSR count). The first kappa shape index (κ1) is 12.2. The maximum absolute atomic E-state index is 10.8. The molecule has 0 aromatic heterocycles. The van der Waals surface area contributed by atoms with Gasteiger partial charge in [-0.25, -0.2) is 0 Å². The van der Waals surface area contributed by atoms with Crippen LogP contribution in [0.5, 0.6) is 0 Å². The molecule has 1 amide bonds. The van der Waals surface area contributed by atoms with E-state index in [9.17, 15) is 4.79 Å². The first-order chi connectivity index (χ1) is 6.20. The molecule has 0 radical (unpaired) electrons. The number of carbonyl (C=O) groups is 1. The van der Waals surface area contributed by atoms with Crippen molar-refractivity contribution in [2.24, 2.45) is 0 Å². The lowest BCUT2D eigenvalue weighted by Crippen LogP contribution is -2.19. The highest BCUT2D eigenvalue weighted by atomic mass is 16.1. The minimum atomic E-state index is 0.0402. The van der Waals surface area contributed by atoms with Crippen LogP contribution in [-0.4, -0.2) is 5.91 Å². The fraction of sp³-hybridized carbons (Fsp3) is 0.727. The molecule has 0 unspecified atom stereocenters. The molecular weight excluding hydrogens is 162 g/mol. The third-order valence-electron chi connectivity index (χ3n) is 1.82. The number of amides is 1. The molecule has 1 N–H and O–H groups in total. The van der Waals surface area contributed by atoms with Crippen molar-refractivity contribution in [3.8, 4) is 0 Å². The van der Waals surface area contributed by atoms with Crippen molar-refractivity contribution in [3.63, 3.8) is 0 Å². The van der Waals surface area contributed by atoms with Gasteiger partial charge in [0.2, 0.25) is 5.91 Å². The van der Waals surface area contributed by atoms with Crippen LogP contribution in [0.15, 0.2) is 11.8 Å². The van der Waals surface area contributed by atoms with Crippen LogP contribution in [0.4, 0.5) is 0 Å². The van der Waals surface area contributed by atoms with Gasteiger partial charge in [0.1, 0.15) is 0 Å². The van der Waals surface area contributed by atoms with Gasteiger partial charge in [-0.15, -0.1) is 0 Å². The van der Waals surface area contributed by atoms with Gasteiger partial charge in [0.15, 0.2) is 0 Å². The molecule has 13 heavy (non-hydrogen) atoms. The summed E-state index contributed by atoms with van der Waals surface area (Å²) in [6, 6.07) is 0. The number of rotatable bonds is 6. The lowest BCUT2D eigenvalue weighted by molar-refractivity contribution is -0.118. The van der Waals surface area contributed by atoms with Gasteiger partial charge in [0.05, 0.1) is 0 Å². The summed E-state index contributed by atoms with van der Waals surface area (Å²) < 4.78 is 0. The van der Waals surface area contributed by atoms with E-state index in [1.165, 1.54) is 6.42 Å². The zero-order chi connectivity index (χ0) is 10.1. The maximum atomic E-state index is 10.8. The molecule has 0 bridgehead atoms. The van der Waals surface area contributed by atoms with Crippen LogP contribution < -0.4 is 5.32 Å². The summed E-state index contributed by atoms with van der Waals surface area (Å²) in [6.45, 7) is 5.86. The molecule has 0 aliphatic rings. The van der Waals surface area contributed by atoms with E-state index in [2.05, 4.69) is 25.2 Å². The third kappa shape index (κ3) is 7.57. The van der Waals surface area contributed by atoms with Gasteiger partial charge in [-0.1, -0.05) is 32.8 Å². The summed E-state index contributed by atoms with van der Waals surface area (Å²) in [5, 5.41) is 2.87. The van der Waals surface area contributed by atoms with Crippen LogP contribution in [0, 0.1) is 0 Å². The SMILES string of the molecule is CCCC=C(CCCC)NC(C)=O. The Hall–Kier alpha value is -0.790. The molecular formula is C11H21NO. The summed E-state index contributed by atoms with van der Waals surface area (Å²) in [5.74, 6) is 0.0402. The lowest BCUT2D eigenvalue weighted by atomic mass is 10.1. The number of carbonyl (C=O) groups excluding carboxylic acids is 1. The average Bonchev–Trinajstić information content (AvgIpc) is 2.09. The summed E-state index contributed by atoms with van der Waals surface area (Å²) in [7, 11) is 0. The molecule has 2 heteroatoms. The van der Waals surface area contributed by atoms with Gasteiger partial charge < -0.3 is 5.32 Å². The second-order valence-corrected chi connectivity index (χ2v) is 3.30. The molecule has 0 saturated heterocycles. The standard InChI is InChI=1S/C11H21NO/c1-4-6-8-11(9-7-5-2)12-10(3)13/h8H,4-7,9H2,1-3H3,(H,12,13). The van der Waals surface area contributed by atoms with Crippen molar-refractivity contribution < 1.29 is 4.79 Å². The van der Waals surface area contributed by atoms with Crippen molar-refractivity contribution in [3.05, 3.63) is 11.8 Å². The Morgan fingerprint density at radius 1 is 1.31 bits per heavy atom. The first-order valence-corrected chi connectivity index (χ1v) is 5.17. The van der Waals surface area contributed by atoms with Crippen LogP contribution in [-0.2, 0) is 4.79 Å². The molecule has 0 saturated carbocycles. The Labute approximate surface area is 81.4 Å². The van der Waals surface area contributed by atoms with Crippen LogP contribution in [0.3, 0.4) is 0 Å². The van der Waals surface area contributed by atoms with E-state index < -0.39 is 0 Å². The minimum Gasteiger partial charge on any atom is -0.330 e. The summed E-state index contributed by atoms with van der Waals surface area (Å²) in [5.41, 5.74) is 1.09. The van der Waals surface area contributed by atoms with Gasteiger partial charge in [0, 0.05) is 12.6 Å². The predicted octanol–water partition coefficient (Wildman–Crippen LogP) is 3.00. The molecule has 76 valence electrons. The van der Waals surface area contributed by atoms with E-state index in [1.54, 1.807) is 6.92 Å². The summed E-state index contributed by atoms with van der Waals surface area (Å²) in [4.78, 5) is 10.8. The molecule has 0 aromatic rings. The number of unbranched alkanes of at least 4 members (excludes halogenated alkanes) is 2. The second-order valence-electron chi connectivity index (χ2n) is 3.30. The summed E-state index contributed by atoms with van der Waals surface area (Å²) >= 11 is 0. The first-order valence-electron chi connectivity index (χ1n) is 5.17. The minimum absolute atomic E-state index is 0.0402. The van der Waals surface area contributed by atoms with Gasteiger partial charge in [-0.05, 0) is 19.3 Å². The van der Waals surface area contributed by atoms with E-state index in [0.29, 0.717) is 0 Å². The average molecular weight is 183 g/mol. The van der Waals surface area contributed by atoms with Crippen molar-refractivity contribution in [1.29, 1.82) is 0 Å². The highest BCUT2D eigenvalue weighted by molar-refractivity contribution is 5.74. The van der Waals surface area contributed by atoms with E-state index in [-0.39, 0.29) is 5.91 Å². The molecule has 0 heterocycles.